The zero-order valence-electron chi connectivity index (χ0n) is 10.9. The number of thioether (sulfide) groups is 1. The smallest absolute Gasteiger partial charge is 0.140 e. The van der Waals surface area contributed by atoms with E-state index in [9.17, 15) is 0 Å². The van der Waals surface area contributed by atoms with Crippen molar-refractivity contribution in [1.82, 2.24) is 0 Å². The Morgan fingerprint density at radius 2 is 1.89 bits per heavy atom. The second kappa shape index (κ2) is 5.80. The zero-order chi connectivity index (χ0) is 13.8. The van der Waals surface area contributed by atoms with Crippen LogP contribution in [-0.4, -0.2) is 12.1 Å². The summed E-state index contributed by atoms with van der Waals surface area (Å²) in [5.41, 5.74) is 7.27. The second-order valence-electron chi connectivity index (χ2n) is 4.17. The van der Waals surface area contributed by atoms with Crippen molar-refractivity contribution in [3.8, 4) is 11.5 Å². The van der Waals surface area contributed by atoms with Gasteiger partial charge in [-0.15, -0.1) is 11.8 Å². The number of para-hydroxylation sites is 1. The molecule has 0 fully saturated rings. The highest BCUT2D eigenvalue weighted by molar-refractivity contribution is 7.98. The molecule has 0 radical (unpaired) electrons. The molecule has 0 amide bonds. The molecule has 0 aliphatic rings. The predicted molar refractivity (Wildman–Crippen MR) is 80.5 cm³/mol. The number of amidine groups is 1. The fourth-order valence-electron chi connectivity index (χ4n) is 1.76. The number of hydrogen-bond acceptors (Lipinski definition) is 3. The summed E-state index contributed by atoms with van der Waals surface area (Å²) in [5.74, 6) is 1.41. The number of nitrogen functional groups attached to an aromatic ring is 1. The van der Waals surface area contributed by atoms with Gasteiger partial charge < -0.3 is 10.5 Å². The van der Waals surface area contributed by atoms with Crippen molar-refractivity contribution in [2.75, 3.05) is 6.26 Å². The molecular formula is C15H16N2OS. The van der Waals surface area contributed by atoms with Gasteiger partial charge in [-0.1, -0.05) is 18.2 Å². The summed E-state index contributed by atoms with van der Waals surface area (Å²) in [6.07, 6.45) is 2.00. The number of rotatable bonds is 4. The summed E-state index contributed by atoms with van der Waals surface area (Å²) in [6.45, 7) is 1.98. The first kappa shape index (κ1) is 13.5. The van der Waals surface area contributed by atoms with Crippen molar-refractivity contribution in [2.24, 2.45) is 5.73 Å². The molecule has 3 N–H and O–H groups in total. The van der Waals surface area contributed by atoms with Gasteiger partial charge in [0.1, 0.15) is 17.3 Å². The van der Waals surface area contributed by atoms with Crippen molar-refractivity contribution in [1.29, 1.82) is 5.41 Å². The highest BCUT2D eigenvalue weighted by Gasteiger charge is 2.10. The van der Waals surface area contributed by atoms with E-state index >= 15 is 0 Å². The Labute approximate surface area is 117 Å². The van der Waals surface area contributed by atoms with E-state index in [0.717, 1.165) is 16.2 Å². The summed E-state index contributed by atoms with van der Waals surface area (Å²) in [7, 11) is 0. The molecule has 0 heterocycles. The van der Waals surface area contributed by atoms with Crippen LogP contribution >= 0.6 is 11.8 Å². The van der Waals surface area contributed by atoms with Gasteiger partial charge in [0.2, 0.25) is 0 Å². The van der Waals surface area contributed by atoms with Gasteiger partial charge in [0, 0.05) is 4.90 Å². The molecule has 0 atom stereocenters. The van der Waals surface area contributed by atoms with E-state index in [1.54, 1.807) is 11.8 Å². The van der Waals surface area contributed by atoms with Crippen LogP contribution in [0.5, 0.6) is 11.5 Å². The molecule has 2 aromatic carbocycles. The molecule has 19 heavy (non-hydrogen) atoms. The summed E-state index contributed by atoms with van der Waals surface area (Å²) >= 11 is 1.62. The molecule has 0 saturated carbocycles. The number of ether oxygens (including phenoxy) is 1. The van der Waals surface area contributed by atoms with Crippen molar-refractivity contribution in [3.63, 3.8) is 0 Å². The van der Waals surface area contributed by atoms with Crippen LogP contribution in [0.2, 0.25) is 0 Å². The third-order valence-corrected chi connectivity index (χ3v) is 3.49. The number of nitrogens with one attached hydrogen (secondary N) is 1. The summed E-state index contributed by atoms with van der Waals surface area (Å²) in [6, 6.07) is 13.5. The lowest BCUT2D eigenvalue weighted by Crippen LogP contribution is -2.12. The quantitative estimate of drug-likeness (QED) is 0.505. The van der Waals surface area contributed by atoms with E-state index in [1.165, 1.54) is 0 Å². The Bertz CT molecular complexity index is 611. The van der Waals surface area contributed by atoms with E-state index < -0.39 is 0 Å². The topological polar surface area (TPSA) is 59.1 Å². The largest absolute Gasteiger partial charge is 0.455 e. The van der Waals surface area contributed by atoms with Crippen molar-refractivity contribution in [2.45, 2.75) is 11.8 Å². The number of nitrogens with two attached hydrogens (primary N) is 1. The Kier molecular flexibility index (Phi) is 4.12. The SMILES string of the molecule is CSc1ccccc1Oc1cc(C)ccc1C(=N)N. The normalized spacial score (nSPS) is 10.2. The minimum Gasteiger partial charge on any atom is -0.455 e. The maximum atomic E-state index is 7.60. The standard InChI is InChI=1S/C15H16N2OS/c1-10-7-8-11(15(16)17)13(9-10)18-12-5-3-4-6-14(12)19-2/h3-9H,1-2H3,(H3,16,17). The predicted octanol–water partition coefficient (Wildman–Crippen LogP) is 3.79. The van der Waals surface area contributed by atoms with Gasteiger partial charge in [0.25, 0.3) is 0 Å². The maximum Gasteiger partial charge on any atom is 0.140 e. The Morgan fingerprint density at radius 1 is 1.16 bits per heavy atom. The molecular weight excluding hydrogens is 256 g/mol. The van der Waals surface area contributed by atoms with Crippen LogP contribution in [0.25, 0.3) is 0 Å². The second-order valence-corrected chi connectivity index (χ2v) is 5.01. The van der Waals surface area contributed by atoms with Gasteiger partial charge in [-0.25, -0.2) is 0 Å². The first-order chi connectivity index (χ1) is 9.11. The third-order valence-electron chi connectivity index (χ3n) is 2.72. The highest BCUT2D eigenvalue weighted by Crippen LogP contribution is 2.33. The Balaban J connectivity index is 2.42. The lowest BCUT2D eigenvalue weighted by Gasteiger charge is -2.13. The summed E-state index contributed by atoms with van der Waals surface area (Å²) in [4.78, 5) is 1.05. The lowest BCUT2D eigenvalue weighted by molar-refractivity contribution is 0.469. The zero-order valence-corrected chi connectivity index (χ0v) is 11.8. The van der Waals surface area contributed by atoms with Crippen LogP contribution in [0, 0.1) is 12.3 Å². The van der Waals surface area contributed by atoms with Crippen LogP contribution in [0.3, 0.4) is 0 Å². The molecule has 3 nitrogen and oxygen atoms in total. The molecule has 0 aliphatic carbocycles. The van der Waals surface area contributed by atoms with Crippen LogP contribution in [-0.2, 0) is 0 Å². The molecule has 4 heteroatoms. The Hall–Kier alpha value is -1.94. The number of aryl methyl sites for hydroxylation is 1. The lowest BCUT2D eigenvalue weighted by atomic mass is 10.1. The molecule has 98 valence electrons. The molecule has 2 rings (SSSR count). The fourth-order valence-corrected chi connectivity index (χ4v) is 2.28. The van der Waals surface area contributed by atoms with Crippen LogP contribution in [0.15, 0.2) is 47.4 Å². The van der Waals surface area contributed by atoms with Gasteiger partial charge in [-0.05, 0) is 43.0 Å². The van der Waals surface area contributed by atoms with Gasteiger partial charge in [-0.3, -0.25) is 5.41 Å². The summed E-state index contributed by atoms with van der Waals surface area (Å²) in [5, 5.41) is 7.60. The van der Waals surface area contributed by atoms with E-state index in [0.29, 0.717) is 11.3 Å². The minimum absolute atomic E-state index is 0.0108. The molecule has 0 unspecified atom stereocenters. The molecule has 0 bridgehead atoms. The van der Waals surface area contributed by atoms with Gasteiger partial charge >= 0.3 is 0 Å². The van der Waals surface area contributed by atoms with Crippen molar-refractivity contribution < 1.29 is 4.74 Å². The molecule has 0 aromatic heterocycles. The molecule has 2 aromatic rings. The molecule has 0 spiro atoms. The average Bonchev–Trinajstić information content (AvgIpc) is 2.39. The first-order valence-electron chi connectivity index (χ1n) is 5.87. The first-order valence-corrected chi connectivity index (χ1v) is 7.10. The fraction of sp³-hybridized carbons (Fsp3) is 0.133. The van der Waals surface area contributed by atoms with E-state index in [4.69, 9.17) is 15.9 Å². The highest BCUT2D eigenvalue weighted by atomic mass is 32.2. The van der Waals surface area contributed by atoms with Crippen LogP contribution in [0.1, 0.15) is 11.1 Å². The Morgan fingerprint density at radius 3 is 2.58 bits per heavy atom. The van der Waals surface area contributed by atoms with Gasteiger partial charge in [0.15, 0.2) is 0 Å². The maximum absolute atomic E-state index is 7.60. The van der Waals surface area contributed by atoms with E-state index in [2.05, 4.69) is 0 Å². The van der Waals surface area contributed by atoms with E-state index in [1.807, 2.05) is 55.6 Å². The number of benzene rings is 2. The number of hydrogen-bond donors (Lipinski definition) is 2. The van der Waals surface area contributed by atoms with Crippen LogP contribution in [0.4, 0.5) is 0 Å². The van der Waals surface area contributed by atoms with Gasteiger partial charge in [0.05, 0.1) is 5.56 Å². The minimum atomic E-state index is 0.0108. The summed E-state index contributed by atoms with van der Waals surface area (Å²) < 4.78 is 5.93. The molecule has 0 saturated heterocycles. The van der Waals surface area contributed by atoms with Crippen molar-refractivity contribution in [3.05, 3.63) is 53.6 Å². The third kappa shape index (κ3) is 3.09. The molecule has 0 aliphatic heterocycles. The van der Waals surface area contributed by atoms with Crippen molar-refractivity contribution >= 4 is 17.6 Å². The average molecular weight is 272 g/mol. The van der Waals surface area contributed by atoms with Crippen LogP contribution < -0.4 is 10.5 Å². The van der Waals surface area contributed by atoms with E-state index in [-0.39, 0.29) is 5.84 Å². The monoisotopic (exact) mass is 272 g/mol. The van der Waals surface area contributed by atoms with Gasteiger partial charge in [-0.2, -0.15) is 0 Å².